The van der Waals surface area contributed by atoms with E-state index in [1.165, 1.54) is 29.8 Å². The van der Waals surface area contributed by atoms with Gasteiger partial charge in [-0.1, -0.05) is 0 Å². The highest BCUT2D eigenvalue weighted by Gasteiger charge is 2.36. The minimum absolute atomic E-state index is 0.0364. The van der Waals surface area contributed by atoms with Gasteiger partial charge >= 0.3 is 18.4 Å². The second-order valence-electron chi connectivity index (χ2n) is 12.2. The first-order valence-corrected chi connectivity index (χ1v) is 20.4. The quantitative estimate of drug-likeness (QED) is 0.118. The summed E-state index contributed by atoms with van der Waals surface area (Å²) >= 11 is 3.83. The summed E-state index contributed by atoms with van der Waals surface area (Å²) in [4.78, 5) is 12.0. The van der Waals surface area contributed by atoms with Crippen LogP contribution in [-0.2, 0) is 73.2 Å². The van der Waals surface area contributed by atoms with E-state index < -0.39 is 66.7 Å². The molecule has 55 heavy (non-hydrogen) atoms. The molecule has 1 amide bonds. The molecule has 2 aromatic carbocycles. The number of carbonyl (C=O) groups is 1. The van der Waals surface area contributed by atoms with Crippen LogP contribution in [0.25, 0.3) is 0 Å². The number of aromatic nitrogens is 4. The Balaban J connectivity index is 0.000000305. The molecular weight excluding hydrogens is 1020 g/mol. The van der Waals surface area contributed by atoms with E-state index in [4.69, 9.17) is 14.2 Å². The van der Waals surface area contributed by atoms with Gasteiger partial charge in [0.15, 0.2) is 0 Å². The Kier molecular flexibility index (Phi) is 15.6. The zero-order valence-corrected chi connectivity index (χ0v) is 35.4. The monoisotopic (exact) mass is 1050 g/mol. The van der Waals surface area contributed by atoms with Gasteiger partial charge in [-0.15, -0.1) is 0 Å². The summed E-state index contributed by atoms with van der Waals surface area (Å²) in [6.45, 7) is 4.55. The number of alkyl halides is 6. The largest absolute Gasteiger partial charge is 0.443 e. The molecule has 24 heteroatoms. The van der Waals surface area contributed by atoms with Crippen molar-refractivity contribution in [1.82, 2.24) is 28.6 Å². The van der Waals surface area contributed by atoms with Gasteiger partial charge in [0, 0.05) is 44.3 Å². The molecule has 0 bridgehead atoms. The fraction of sp³-hybridized carbons (Fsp3) is 0.387. The average molecular weight is 1050 g/mol. The highest BCUT2D eigenvalue weighted by Crippen LogP contribution is 2.32. The van der Waals surface area contributed by atoms with E-state index in [9.17, 15) is 48.0 Å². The maximum absolute atomic E-state index is 13.2. The lowest BCUT2D eigenvalue weighted by atomic mass is 10.2. The summed E-state index contributed by atoms with van der Waals surface area (Å²) in [6.07, 6.45) is -7.17. The van der Waals surface area contributed by atoms with Gasteiger partial charge in [0.1, 0.15) is 26.5 Å². The molecule has 0 saturated carbocycles. The third kappa shape index (κ3) is 13.3. The van der Waals surface area contributed by atoms with E-state index in [1.807, 2.05) is 45.2 Å². The molecule has 304 valence electrons. The summed E-state index contributed by atoms with van der Waals surface area (Å²) in [5, 5.41) is 8.29. The molecule has 1 N–H and O–H groups in total. The van der Waals surface area contributed by atoms with Gasteiger partial charge in [0.25, 0.3) is 10.0 Å². The van der Waals surface area contributed by atoms with Crippen LogP contribution in [0.2, 0.25) is 0 Å². The Labute approximate surface area is 339 Å². The third-order valence-electron chi connectivity index (χ3n) is 6.72. The van der Waals surface area contributed by atoms with Gasteiger partial charge in [-0.2, -0.15) is 40.8 Å². The fourth-order valence-corrected chi connectivity index (χ4v) is 7.71. The van der Waals surface area contributed by atoms with Crippen molar-refractivity contribution >= 4 is 71.3 Å². The Bertz CT molecular complexity index is 2140. The van der Waals surface area contributed by atoms with Gasteiger partial charge in [-0.3, -0.25) is 0 Å². The van der Waals surface area contributed by atoms with Crippen LogP contribution in [0.15, 0.2) is 70.7 Å². The number of sulfonamides is 2. The van der Waals surface area contributed by atoms with E-state index >= 15 is 0 Å². The maximum atomic E-state index is 13.2. The number of nitrogens with one attached hydrogen (secondary N) is 1. The van der Waals surface area contributed by atoms with Gasteiger partial charge < -0.3 is 14.2 Å². The normalized spacial score (nSPS) is 12.6. The van der Waals surface area contributed by atoms with Gasteiger partial charge in [-0.25, -0.2) is 35.7 Å². The van der Waals surface area contributed by atoms with Crippen LogP contribution < -0.4 is 4.72 Å². The zero-order valence-electron chi connectivity index (χ0n) is 29.4. The number of benzene rings is 2. The minimum atomic E-state index is -4.63. The van der Waals surface area contributed by atoms with Crippen LogP contribution in [0.4, 0.5) is 31.1 Å². The molecule has 0 aliphatic rings. The van der Waals surface area contributed by atoms with Crippen molar-refractivity contribution in [2.45, 2.75) is 75.1 Å². The van der Waals surface area contributed by atoms with Crippen molar-refractivity contribution in [3.63, 3.8) is 0 Å². The van der Waals surface area contributed by atoms with E-state index in [1.54, 1.807) is 27.0 Å². The maximum Gasteiger partial charge on any atom is 0.424 e. The second kappa shape index (κ2) is 18.5. The first-order valence-electron chi connectivity index (χ1n) is 15.3. The third-order valence-corrected chi connectivity index (χ3v) is 11.7. The highest BCUT2D eigenvalue weighted by molar-refractivity contribution is 14.1. The number of amides is 1. The molecule has 0 fully saturated rings. The predicted molar refractivity (Wildman–Crippen MR) is 200 cm³/mol. The molecule has 0 unspecified atom stereocenters. The van der Waals surface area contributed by atoms with Crippen LogP contribution in [0.3, 0.4) is 0 Å². The summed E-state index contributed by atoms with van der Waals surface area (Å²) in [5.74, 6) is 0. The number of hydrogen-bond acceptors (Lipinski definition) is 10. The molecule has 14 nitrogen and oxygen atoms in total. The van der Waals surface area contributed by atoms with Crippen molar-refractivity contribution < 1.29 is 62.2 Å². The number of halogens is 8. The molecule has 4 rings (SSSR count). The number of ether oxygens (including phenoxy) is 3. The van der Waals surface area contributed by atoms with E-state index in [2.05, 4.69) is 14.9 Å². The van der Waals surface area contributed by atoms with Crippen molar-refractivity contribution in [2.75, 3.05) is 14.2 Å². The van der Waals surface area contributed by atoms with E-state index in [0.29, 0.717) is 35.0 Å². The molecule has 0 aliphatic heterocycles. The molecular formula is C31H34F6I2N6O8S2. The topological polar surface area (TPSA) is 164 Å². The molecule has 0 saturated heterocycles. The van der Waals surface area contributed by atoms with E-state index in [0.717, 1.165) is 36.4 Å². The van der Waals surface area contributed by atoms with Crippen LogP contribution in [0, 0.1) is 7.40 Å². The molecule has 0 radical (unpaired) electrons. The number of hydrogen-bond donors (Lipinski definition) is 1. The van der Waals surface area contributed by atoms with Gasteiger partial charge in [0.05, 0.1) is 27.5 Å². The van der Waals surface area contributed by atoms with Gasteiger partial charge in [-0.05, 0) is 114 Å². The first kappa shape index (κ1) is 46.3. The number of rotatable bonds is 12. The van der Waals surface area contributed by atoms with Crippen molar-refractivity contribution in [1.29, 1.82) is 0 Å². The zero-order chi connectivity index (χ0) is 41.6. The summed E-state index contributed by atoms with van der Waals surface area (Å²) in [5.41, 5.74) is -1.90. The lowest BCUT2D eigenvalue weighted by Gasteiger charge is -2.27. The van der Waals surface area contributed by atoms with Crippen molar-refractivity contribution in [2.24, 2.45) is 0 Å². The molecule has 2 heterocycles. The van der Waals surface area contributed by atoms with Gasteiger partial charge in [0.2, 0.25) is 10.0 Å². The molecule has 4 aromatic rings. The Hall–Kier alpha value is -3.05. The molecule has 0 atom stereocenters. The summed E-state index contributed by atoms with van der Waals surface area (Å²) in [7, 11) is -5.51. The van der Waals surface area contributed by atoms with E-state index in [-0.39, 0.29) is 24.9 Å². The van der Waals surface area contributed by atoms with Crippen LogP contribution in [-0.4, -0.2) is 66.6 Å². The number of carbonyl (C=O) groups excluding carboxylic acids is 1. The minimum Gasteiger partial charge on any atom is -0.443 e. The smallest absolute Gasteiger partial charge is 0.424 e. The lowest BCUT2D eigenvalue weighted by Crippen LogP contribution is -2.40. The van der Waals surface area contributed by atoms with Crippen LogP contribution in [0.1, 0.15) is 43.0 Å². The Morgan fingerprint density at radius 1 is 0.745 bits per heavy atom. The molecule has 0 spiro atoms. The second-order valence-corrected chi connectivity index (χ2v) is 17.8. The average Bonchev–Trinajstić information content (AvgIpc) is 3.61. The first-order chi connectivity index (χ1) is 25.3. The predicted octanol–water partition coefficient (Wildman–Crippen LogP) is 6.83. The Morgan fingerprint density at radius 3 is 1.58 bits per heavy atom. The molecule has 0 aliphatic carbocycles. The fourth-order valence-electron chi connectivity index (χ4n) is 4.24. The lowest BCUT2D eigenvalue weighted by molar-refractivity contribution is -0.138. The Morgan fingerprint density at radius 2 is 1.16 bits per heavy atom. The number of methoxy groups -OCH3 is 2. The summed E-state index contributed by atoms with van der Waals surface area (Å²) in [6, 6.07) is 6.18. The summed E-state index contributed by atoms with van der Waals surface area (Å²) < 4.78 is 149. The standard InChI is InChI=1S/C18H21F3IN3O5S.C13H13F3IN3O3S/c1-17(2,3)30-16(26)25(10-12-9-24(11-29-4)23-15(12)22)31(27,28)14-7-5-13(6-8-14)18(19,20)21;1-23-8-20-7-9(12(17)19-20)6-18-24(21,22)11-4-2-10(3-5-11)13(14,15)16/h5-9H,10-11H2,1-4H3;2-5,7,18H,6,8H2,1H3. The highest BCUT2D eigenvalue weighted by atomic mass is 127. The van der Waals surface area contributed by atoms with Crippen molar-refractivity contribution in [3.05, 3.63) is 90.6 Å². The van der Waals surface area contributed by atoms with Crippen LogP contribution in [0.5, 0.6) is 0 Å². The van der Waals surface area contributed by atoms with Crippen molar-refractivity contribution in [3.8, 4) is 0 Å². The molecule has 2 aromatic heterocycles. The van der Waals surface area contributed by atoms with Crippen LogP contribution >= 0.6 is 45.2 Å². The number of nitrogens with zero attached hydrogens (tertiary/aromatic N) is 5. The SMILES string of the molecule is COCn1cc(CN(C(=O)OC(C)(C)C)S(=O)(=O)c2ccc(C(F)(F)F)cc2)c(I)n1.COCn1cc(CNS(=O)(=O)c2ccc(C(F)(F)F)cc2)c(I)n1.